The first-order valence-electron chi connectivity index (χ1n) is 6.00. The number of nitrogens with two attached hydrogens (primary N) is 2. The van der Waals surface area contributed by atoms with Crippen molar-refractivity contribution in [3.05, 3.63) is 29.3 Å². The fraction of sp³-hybridized carbons (Fsp3) is 0.333. The van der Waals surface area contributed by atoms with Crippen molar-refractivity contribution >= 4 is 11.9 Å². The molecule has 1 aliphatic heterocycles. The third-order valence-electron chi connectivity index (χ3n) is 3.36. The first kappa shape index (κ1) is 15.0. The van der Waals surface area contributed by atoms with E-state index in [1.54, 1.807) is 0 Å². The van der Waals surface area contributed by atoms with E-state index in [1.165, 1.54) is 7.11 Å². The molecule has 21 heavy (non-hydrogen) atoms. The maximum Gasteiger partial charge on any atom is 0.329 e. The fourth-order valence-electron chi connectivity index (χ4n) is 2.36. The van der Waals surface area contributed by atoms with Crippen LogP contribution in [0.4, 0.5) is 13.6 Å². The summed E-state index contributed by atoms with van der Waals surface area (Å²) in [5.41, 5.74) is 4.66. The number of amides is 3. The van der Waals surface area contributed by atoms with Gasteiger partial charge in [-0.05, 0) is 0 Å². The van der Waals surface area contributed by atoms with Crippen molar-refractivity contribution in [2.45, 2.75) is 12.0 Å². The van der Waals surface area contributed by atoms with Crippen molar-refractivity contribution in [2.75, 3.05) is 13.7 Å². The van der Waals surface area contributed by atoms with Crippen LogP contribution in [0.25, 0.3) is 0 Å². The topological polar surface area (TPSA) is 111 Å². The number of rotatable bonds is 3. The van der Waals surface area contributed by atoms with Gasteiger partial charge >= 0.3 is 6.03 Å². The molecular formula is C12H14F2N4O3. The van der Waals surface area contributed by atoms with E-state index in [2.05, 4.69) is 5.32 Å². The first-order chi connectivity index (χ1) is 9.86. The van der Waals surface area contributed by atoms with Crippen molar-refractivity contribution in [3.63, 3.8) is 0 Å². The Balaban J connectivity index is 2.45. The number of primary amides is 1. The Morgan fingerprint density at radius 1 is 1.43 bits per heavy atom. The minimum atomic E-state index is -1.28. The zero-order chi connectivity index (χ0) is 15.7. The number of urea groups is 1. The van der Waals surface area contributed by atoms with E-state index >= 15 is 0 Å². The van der Waals surface area contributed by atoms with E-state index in [4.69, 9.17) is 16.3 Å². The lowest BCUT2D eigenvalue weighted by molar-refractivity contribution is -0.123. The van der Waals surface area contributed by atoms with Gasteiger partial charge in [0.2, 0.25) is 5.91 Å². The van der Waals surface area contributed by atoms with Gasteiger partial charge in [0, 0.05) is 30.2 Å². The third kappa shape index (κ3) is 2.59. The SMILES string of the molecule is COc1cc(F)c([C@@H]2CNC(=O)[C@H]2N(N)C(N)=O)c(F)c1. The highest BCUT2D eigenvalue weighted by atomic mass is 19.1. The maximum atomic E-state index is 14.1. The molecule has 3 amide bonds. The zero-order valence-electron chi connectivity index (χ0n) is 11.1. The fourth-order valence-corrected chi connectivity index (χ4v) is 2.36. The molecule has 0 aliphatic carbocycles. The van der Waals surface area contributed by atoms with Gasteiger partial charge in [-0.25, -0.2) is 24.4 Å². The molecule has 2 rings (SSSR count). The third-order valence-corrected chi connectivity index (χ3v) is 3.36. The summed E-state index contributed by atoms with van der Waals surface area (Å²) in [5.74, 6) is 2.03. The number of hydrogen-bond donors (Lipinski definition) is 3. The van der Waals surface area contributed by atoms with Crippen molar-refractivity contribution in [2.24, 2.45) is 11.6 Å². The molecule has 1 aliphatic rings. The molecule has 1 saturated heterocycles. The van der Waals surface area contributed by atoms with E-state index in [-0.39, 0.29) is 17.9 Å². The molecule has 7 nitrogen and oxygen atoms in total. The normalized spacial score (nSPS) is 21.0. The van der Waals surface area contributed by atoms with E-state index in [0.717, 1.165) is 12.1 Å². The molecule has 1 aromatic carbocycles. The second kappa shape index (κ2) is 5.52. The average molecular weight is 300 g/mol. The van der Waals surface area contributed by atoms with Gasteiger partial charge in [0.25, 0.3) is 0 Å². The predicted octanol–water partition coefficient (Wildman–Crippen LogP) is -0.190. The average Bonchev–Trinajstić information content (AvgIpc) is 2.78. The van der Waals surface area contributed by atoms with Crippen LogP contribution < -0.4 is 21.6 Å². The summed E-state index contributed by atoms with van der Waals surface area (Å²) in [5, 5.41) is 2.87. The Labute approximate surface area is 118 Å². The Hall–Kier alpha value is -2.42. The number of halogens is 2. The van der Waals surface area contributed by atoms with Crippen LogP contribution in [0.2, 0.25) is 0 Å². The molecule has 9 heteroatoms. The largest absolute Gasteiger partial charge is 0.497 e. The quantitative estimate of drug-likeness (QED) is 0.408. The second-order valence-electron chi connectivity index (χ2n) is 4.55. The number of ether oxygens (including phenoxy) is 1. The molecule has 1 heterocycles. The van der Waals surface area contributed by atoms with Crippen molar-refractivity contribution in [3.8, 4) is 5.75 Å². The summed E-state index contributed by atoms with van der Waals surface area (Å²) in [6.07, 6.45) is 0. The summed E-state index contributed by atoms with van der Waals surface area (Å²) in [7, 11) is 1.27. The smallest absolute Gasteiger partial charge is 0.329 e. The highest BCUT2D eigenvalue weighted by Crippen LogP contribution is 2.32. The molecule has 2 atom stereocenters. The molecule has 1 aromatic rings. The highest BCUT2D eigenvalue weighted by molar-refractivity contribution is 5.89. The Morgan fingerprint density at radius 3 is 2.48 bits per heavy atom. The van der Waals surface area contributed by atoms with E-state index < -0.39 is 35.5 Å². The molecule has 0 spiro atoms. The van der Waals surface area contributed by atoms with Gasteiger partial charge in [0.05, 0.1) is 7.11 Å². The van der Waals surface area contributed by atoms with Gasteiger partial charge in [-0.1, -0.05) is 0 Å². The number of carbonyl (C=O) groups is 2. The number of nitrogens with zero attached hydrogens (tertiary/aromatic N) is 1. The van der Waals surface area contributed by atoms with E-state index in [0.29, 0.717) is 5.01 Å². The Morgan fingerprint density at radius 2 is 2.00 bits per heavy atom. The lowest BCUT2D eigenvalue weighted by atomic mass is 9.92. The van der Waals surface area contributed by atoms with Gasteiger partial charge in [0.1, 0.15) is 23.4 Å². The van der Waals surface area contributed by atoms with E-state index in [1.807, 2.05) is 0 Å². The van der Waals surface area contributed by atoms with Gasteiger partial charge in [-0.2, -0.15) is 0 Å². The maximum absolute atomic E-state index is 14.1. The molecular weight excluding hydrogens is 286 g/mol. The summed E-state index contributed by atoms with van der Waals surface area (Å²) in [4.78, 5) is 22.9. The number of benzene rings is 1. The van der Waals surface area contributed by atoms with Crippen LogP contribution in [-0.2, 0) is 4.79 Å². The minimum Gasteiger partial charge on any atom is -0.497 e. The Bertz CT molecular complexity index is 573. The number of nitrogens with one attached hydrogen (secondary N) is 1. The van der Waals surface area contributed by atoms with Crippen LogP contribution in [0.5, 0.6) is 5.75 Å². The summed E-state index contributed by atoms with van der Waals surface area (Å²) >= 11 is 0. The summed E-state index contributed by atoms with van der Waals surface area (Å²) < 4.78 is 32.9. The highest BCUT2D eigenvalue weighted by Gasteiger charge is 2.43. The summed E-state index contributed by atoms with van der Waals surface area (Å²) in [6.45, 7) is -0.0648. The molecule has 0 saturated carbocycles. The van der Waals surface area contributed by atoms with Crippen molar-refractivity contribution < 1.29 is 23.1 Å². The number of methoxy groups -OCH3 is 1. The van der Waals surface area contributed by atoms with E-state index in [9.17, 15) is 18.4 Å². The molecule has 0 bridgehead atoms. The van der Waals surface area contributed by atoms with Crippen molar-refractivity contribution in [1.29, 1.82) is 0 Å². The zero-order valence-corrected chi connectivity index (χ0v) is 11.1. The Kier molecular flexibility index (Phi) is 3.94. The lowest BCUT2D eigenvalue weighted by Gasteiger charge is -2.25. The lowest BCUT2D eigenvalue weighted by Crippen LogP contribution is -2.53. The summed E-state index contributed by atoms with van der Waals surface area (Å²) in [6, 6.07) is -0.372. The number of carbonyl (C=O) groups excluding carboxylic acids is 2. The van der Waals surface area contributed by atoms with Gasteiger partial charge in [-0.15, -0.1) is 0 Å². The molecule has 1 fully saturated rings. The van der Waals surface area contributed by atoms with Crippen LogP contribution in [-0.4, -0.2) is 36.6 Å². The molecule has 0 radical (unpaired) electrons. The van der Waals surface area contributed by atoms with Crippen LogP contribution >= 0.6 is 0 Å². The number of hydrazine groups is 1. The van der Waals surface area contributed by atoms with Crippen LogP contribution in [0.1, 0.15) is 11.5 Å². The van der Waals surface area contributed by atoms with Crippen LogP contribution in [0, 0.1) is 11.6 Å². The molecule has 0 aromatic heterocycles. The van der Waals surface area contributed by atoms with Gasteiger partial charge < -0.3 is 15.8 Å². The predicted molar refractivity (Wildman–Crippen MR) is 68.1 cm³/mol. The molecule has 114 valence electrons. The second-order valence-corrected chi connectivity index (χ2v) is 4.55. The van der Waals surface area contributed by atoms with Gasteiger partial charge in [-0.3, -0.25) is 4.79 Å². The van der Waals surface area contributed by atoms with Crippen LogP contribution in [0.15, 0.2) is 12.1 Å². The van der Waals surface area contributed by atoms with Gasteiger partial charge in [0.15, 0.2) is 0 Å². The molecule has 5 N–H and O–H groups in total. The number of hydrogen-bond acceptors (Lipinski definition) is 4. The molecule has 0 unspecified atom stereocenters. The van der Waals surface area contributed by atoms with Crippen LogP contribution in [0.3, 0.4) is 0 Å². The van der Waals surface area contributed by atoms with Crippen molar-refractivity contribution in [1.82, 2.24) is 10.3 Å². The monoisotopic (exact) mass is 300 g/mol. The standard InChI is InChI=1S/C12H14F2N4O3/c1-21-5-2-7(13)9(8(14)3-5)6-4-17-11(19)10(6)18(16)12(15)20/h2-3,6,10H,4,16H2,1H3,(H2,15,20)(H,17,19)/t6-,10-/m0/s1. The first-order valence-corrected chi connectivity index (χ1v) is 6.00. The minimum absolute atomic E-state index is 0.00193.